The standard InChI is InChI=1S/C9H14O6/c10-7-3-1-4-9(12,13)8(11)15-6-2-5-14-7/h12-13H,1-6H2. The van der Waals surface area contributed by atoms with Crippen LogP contribution >= 0.6 is 0 Å². The monoisotopic (exact) mass is 218 g/mol. The molecule has 6 heteroatoms. The summed E-state index contributed by atoms with van der Waals surface area (Å²) in [6.45, 7) is 0.185. The largest absolute Gasteiger partial charge is 0.466 e. The van der Waals surface area contributed by atoms with E-state index in [9.17, 15) is 19.8 Å². The number of aliphatic hydroxyl groups is 2. The van der Waals surface area contributed by atoms with Crippen molar-refractivity contribution in [2.75, 3.05) is 13.2 Å². The first-order valence-corrected chi connectivity index (χ1v) is 4.80. The summed E-state index contributed by atoms with van der Waals surface area (Å²) in [5.74, 6) is -3.97. The predicted molar refractivity (Wildman–Crippen MR) is 47.6 cm³/mol. The zero-order chi connectivity index (χ0) is 11.3. The minimum atomic E-state index is -2.50. The third kappa shape index (κ3) is 3.85. The minimum Gasteiger partial charge on any atom is -0.466 e. The third-order valence-electron chi connectivity index (χ3n) is 2.02. The maximum atomic E-state index is 11.1. The zero-order valence-corrected chi connectivity index (χ0v) is 8.27. The van der Waals surface area contributed by atoms with Gasteiger partial charge in [-0.3, -0.25) is 4.79 Å². The first kappa shape index (κ1) is 11.9. The second kappa shape index (κ2) is 5.09. The van der Waals surface area contributed by atoms with Crippen molar-refractivity contribution in [1.29, 1.82) is 0 Å². The molecule has 1 aliphatic heterocycles. The molecule has 1 rings (SSSR count). The van der Waals surface area contributed by atoms with Crippen molar-refractivity contribution in [2.24, 2.45) is 0 Å². The van der Waals surface area contributed by atoms with E-state index < -0.39 is 17.7 Å². The number of cyclic esters (lactones) is 2. The molecule has 0 aliphatic carbocycles. The van der Waals surface area contributed by atoms with Crippen LogP contribution in [0.2, 0.25) is 0 Å². The van der Waals surface area contributed by atoms with Crippen LogP contribution in [0.15, 0.2) is 0 Å². The quantitative estimate of drug-likeness (QED) is 0.413. The van der Waals surface area contributed by atoms with Crippen LogP contribution < -0.4 is 0 Å². The van der Waals surface area contributed by atoms with Crippen molar-refractivity contribution < 1.29 is 29.3 Å². The van der Waals surface area contributed by atoms with Crippen molar-refractivity contribution in [2.45, 2.75) is 31.5 Å². The molecule has 0 aromatic heterocycles. The Kier molecular flexibility index (Phi) is 4.05. The zero-order valence-electron chi connectivity index (χ0n) is 8.27. The van der Waals surface area contributed by atoms with E-state index in [4.69, 9.17) is 4.74 Å². The molecule has 0 aromatic rings. The van der Waals surface area contributed by atoms with Gasteiger partial charge in [0.25, 0.3) is 5.79 Å². The maximum Gasteiger partial charge on any atom is 0.366 e. The molecule has 6 nitrogen and oxygen atoms in total. The molecule has 0 atom stereocenters. The summed E-state index contributed by atoms with van der Waals surface area (Å²) < 4.78 is 9.38. The summed E-state index contributed by atoms with van der Waals surface area (Å²) >= 11 is 0. The SMILES string of the molecule is O=C1CCCC(O)(O)C(=O)OCCCO1. The van der Waals surface area contributed by atoms with E-state index in [1.165, 1.54) is 0 Å². The Labute approximate surface area is 86.8 Å². The summed E-state index contributed by atoms with van der Waals surface area (Å²) in [7, 11) is 0. The lowest BCUT2D eigenvalue weighted by Crippen LogP contribution is -2.40. The van der Waals surface area contributed by atoms with Crippen molar-refractivity contribution >= 4 is 11.9 Å². The summed E-state index contributed by atoms with van der Waals surface area (Å²) in [5.41, 5.74) is 0. The van der Waals surface area contributed by atoms with Crippen LogP contribution in [-0.2, 0) is 19.1 Å². The fourth-order valence-electron chi connectivity index (χ4n) is 1.18. The van der Waals surface area contributed by atoms with Gasteiger partial charge in [0.15, 0.2) is 0 Å². The fourth-order valence-corrected chi connectivity index (χ4v) is 1.18. The highest BCUT2D eigenvalue weighted by Crippen LogP contribution is 2.14. The second-order valence-corrected chi connectivity index (χ2v) is 3.38. The summed E-state index contributed by atoms with van der Waals surface area (Å²) in [6.07, 6.45) is 0.353. The van der Waals surface area contributed by atoms with E-state index >= 15 is 0 Å². The van der Waals surface area contributed by atoms with Crippen molar-refractivity contribution in [1.82, 2.24) is 0 Å². The molecule has 1 fully saturated rings. The van der Waals surface area contributed by atoms with E-state index in [0.29, 0.717) is 6.42 Å². The van der Waals surface area contributed by atoms with Gasteiger partial charge in [-0.15, -0.1) is 0 Å². The number of carbonyl (C=O) groups excluding carboxylic acids is 2. The molecule has 2 N–H and O–H groups in total. The highest BCUT2D eigenvalue weighted by Gasteiger charge is 2.34. The van der Waals surface area contributed by atoms with Crippen LogP contribution in [0.1, 0.15) is 25.7 Å². The lowest BCUT2D eigenvalue weighted by Gasteiger charge is -2.18. The number of esters is 2. The molecular formula is C9H14O6. The van der Waals surface area contributed by atoms with Crippen LogP contribution in [-0.4, -0.2) is 41.2 Å². The average molecular weight is 218 g/mol. The van der Waals surface area contributed by atoms with Gasteiger partial charge in [-0.1, -0.05) is 0 Å². The molecule has 0 radical (unpaired) electrons. The lowest BCUT2D eigenvalue weighted by atomic mass is 10.1. The number of carbonyl (C=O) groups is 2. The van der Waals surface area contributed by atoms with Gasteiger partial charge in [-0.05, 0) is 6.42 Å². The van der Waals surface area contributed by atoms with Gasteiger partial charge in [0.1, 0.15) is 0 Å². The van der Waals surface area contributed by atoms with E-state index in [2.05, 4.69) is 4.74 Å². The first-order chi connectivity index (χ1) is 7.02. The molecule has 0 saturated carbocycles. The van der Waals surface area contributed by atoms with Crippen molar-refractivity contribution in [3.8, 4) is 0 Å². The van der Waals surface area contributed by atoms with Gasteiger partial charge >= 0.3 is 11.9 Å². The highest BCUT2D eigenvalue weighted by atomic mass is 16.6. The van der Waals surface area contributed by atoms with Gasteiger partial charge in [-0.2, -0.15) is 0 Å². The van der Waals surface area contributed by atoms with Crippen LogP contribution in [0.25, 0.3) is 0 Å². The Morgan fingerprint density at radius 2 is 1.73 bits per heavy atom. The van der Waals surface area contributed by atoms with E-state index in [1.54, 1.807) is 0 Å². The number of ether oxygens (including phenoxy) is 2. The van der Waals surface area contributed by atoms with E-state index in [1.807, 2.05) is 0 Å². The van der Waals surface area contributed by atoms with Gasteiger partial charge in [0, 0.05) is 19.3 Å². The molecular weight excluding hydrogens is 204 g/mol. The van der Waals surface area contributed by atoms with Crippen molar-refractivity contribution in [3.63, 3.8) is 0 Å². The van der Waals surface area contributed by atoms with Gasteiger partial charge in [0.05, 0.1) is 13.2 Å². The maximum absolute atomic E-state index is 11.1. The number of hydrogen-bond acceptors (Lipinski definition) is 6. The summed E-state index contributed by atoms with van der Waals surface area (Å²) in [6, 6.07) is 0. The molecule has 1 heterocycles. The highest BCUT2D eigenvalue weighted by molar-refractivity contribution is 5.77. The van der Waals surface area contributed by atoms with Crippen LogP contribution in [0.4, 0.5) is 0 Å². The first-order valence-electron chi connectivity index (χ1n) is 4.80. The number of rotatable bonds is 0. The molecule has 86 valence electrons. The molecule has 15 heavy (non-hydrogen) atoms. The van der Waals surface area contributed by atoms with Gasteiger partial charge in [-0.25, -0.2) is 4.79 Å². The van der Waals surface area contributed by atoms with Gasteiger partial charge in [0.2, 0.25) is 0 Å². The Morgan fingerprint density at radius 1 is 1.07 bits per heavy atom. The van der Waals surface area contributed by atoms with Gasteiger partial charge < -0.3 is 19.7 Å². The molecule has 0 amide bonds. The molecule has 0 unspecified atom stereocenters. The predicted octanol–water partition coefficient (Wildman–Crippen LogP) is -0.672. The second-order valence-electron chi connectivity index (χ2n) is 3.38. The minimum absolute atomic E-state index is 0.00891. The normalized spacial score (nSPS) is 23.6. The summed E-state index contributed by atoms with van der Waals surface area (Å²) in [4.78, 5) is 22.1. The third-order valence-corrected chi connectivity index (χ3v) is 2.02. The van der Waals surface area contributed by atoms with Crippen LogP contribution in [0.3, 0.4) is 0 Å². The summed E-state index contributed by atoms with van der Waals surface area (Å²) in [5, 5.41) is 18.5. The number of hydrogen-bond donors (Lipinski definition) is 2. The molecule has 0 spiro atoms. The van der Waals surface area contributed by atoms with Crippen LogP contribution in [0.5, 0.6) is 0 Å². The molecule has 0 bridgehead atoms. The molecule has 0 aromatic carbocycles. The smallest absolute Gasteiger partial charge is 0.366 e. The lowest BCUT2D eigenvalue weighted by molar-refractivity contribution is -0.211. The van der Waals surface area contributed by atoms with Crippen LogP contribution in [0, 0.1) is 0 Å². The average Bonchev–Trinajstić information content (AvgIpc) is 2.17. The van der Waals surface area contributed by atoms with E-state index in [-0.39, 0.29) is 32.5 Å². The van der Waals surface area contributed by atoms with E-state index in [0.717, 1.165) is 0 Å². The fraction of sp³-hybridized carbons (Fsp3) is 0.778. The molecule has 1 aliphatic rings. The Bertz CT molecular complexity index is 247. The topological polar surface area (TPSA) is 93.1 Å². The molecule has 1 saturated heterocycles. The Hall–Kier alpha value is -1.14. The Balaban J connectivity index is 2.56. The Morgan fingerprint density at radius 3 is 2.47 bits per heavy atom. The van der Waals surface area contributed by atoms with Crippen molar-refractivity contribution in [3.05, 3.63) is 0 Å².